The molecule has 0 atom stereocenters. The van der Waals surface area contributed by atoms with Crippen LogP contribution >= 0.6 is 0 Å². The van der Waals surface area contributed by atoms with Gasteiger partial charge in [0.15, 0.2) is 0 Å². The van der Waals surface area contributed by atoms with E-state index in [-0.39, 0.29) is 18.5 Å². The fraction of sp³-hybridized carbons (Fsp3) is 0.462. The van der Waals surface area contributed by atoms with Crippen LogP contribution in [0.4, 0.5) is 0 Å². The van der Waals surface area contributed by atoms with E-state index in [4.69, 9.17) is 9.84 Å². The third-order valence-corrected chi connectivity index (χ3v) is 3.05. The molecule has 1 aromatic carbocycles. The van der Waals surface area contributed by atoms with Gasteiger partial charge in [-0.3, -0.25) is 4.79 Å². The Morgan fingerprint density at radius 1 is 1.31 bits per heavy atom. The molecule has 0 aliphatic heterocycles. The Morgan fingerprint density at radius 2 is 2.00 bits per heavy atom. The zero-order chi connectivity index (χ0) is 11.4. The number of esters is 1. The van der Waals surface area contributed by atoms with Crippen molar-refractivity contribution in [3.8, 4) is 0 Å². The summed E-state index contributed by atoms with van der Waals surface area (Å²) in [5.74, 6) is 0.170. The number of carbonyl (C=O) groups is 1. The van der Waals surface area contributed by atoms with Gasteiger partial charge < -0.3 is 9.84 Å². The van der Waals surface area contributed by atoms with Crippen LogP contribution in [0, 0.1) is 11.8 Å². The Hall–Kier alpha value is -1.35. The van der Waals surface area contributed by atoms with E-state index in [9.17, 15) is 4.79 Å². The summed E-state index contributed by atoms with van der Waals surface area (Å²) in [6.45, 7) is 0.530. The number of benzene rings is 1. The molecule has 0 unspecified atom stereocenters. The van der Waals surface area contributed by atoms with Crippen LogP contribution in [-0.4, -0.2) is 17.7 Å². The van der Waals surface area contributed by atoms with Crippen LogP contribution in [0.1, 0.15) is 18.4 Å². The lowest BCUT2D eigenvalue weighted by molar-refractivity contribution is -0.155. The molecule has 0 saturated heterocycles. The lowest BCUT2D eigenvalue weighted by atomic mass is 9.75. The standard InChI is InChI=1S/C13H16O3/c14-8-11-6-12(7-11)13(15)16-9-10-4-2-1-3-5-10/h1-5,11-12,14H,6-9H2. The van der Waals surface area contributed by atoms with Crippen molar-refractivity contribution in [2.75, 3.05) is 6.61 Å². The molecule has 3 nitrogen and oxygen atoms in total. The van der Waals surface area contributed by atoms with Crippen LogP contribution in [0.15, 0.2) is 30.3 Å². The van der Waals surface area contributed by atoms with Crippen molar-refractivity contribution >= 4 is 5.97 Å². The molecule has 1 saturated carbocycles. The van der Waals surface area contributed by atoms with Gasteiger partial charge in [0.25, 0.3) is 0 Å². The van der Waals surface area contributed by atoms with Crippen LogP contribution in [-0.2, 0) is 16.1 Å². The van der Waals surface area contributed by atoms with Gasteiger partial charge >= 0.3 is 5.97 Å². The van der Waals surface area contributed by atoms with Crippen molar-refractivity contribution < 1.29 is 14.6 Å². The molecule has 1 aliphatic carbocycles. The first-order valence-corrected chi connectivity index (χ1v) is 5.61. The van der Waals surface area contributed by atoms with E-state index in [2.05, 4.69) is 0 Å². The molecule has 0 spiro atoms. The minimum absolute atomic E-state index is 0.000798. The summed E-state index contributed by atoms with van der Waals surface area (Å²) >= 11 is 0. The molecule has 0 aromatic heterocycles. The molecule has 1 aromatic rings. The Bertz CT molecular complexity index is 341. The molecule has 86 valence electrons. The quantitative estimate of drug-likeness (QED) is 0.786. The van der Waals surface area contributed by atoms with E-state index in [1.807, 2.05) is 30.3 Å². The van der Waals surface area contributed by atoms with Crippen LogP contribution in [0.3, 0.4) is 0 Å². The number of aliphatic hydroxyl groups excluding tert-OH is 1. The summed E-state index contributed by atoms with van der Waals surface area (Å²) in [4.78, 5) is 11.6. The largest absolute Gasteiger partial charge is 0.461 e. The third kappa shape index (κ3) is 2.61. The Morgan fingerprint density at radius 3 is 2.62 bits per heavy atom. The van der Waals surface area contributed by atoms with Crippen molar-refractivity contribution in [3.63, 3.8) is 0 Å². The zero-order valence-corrected chi connectivity index (χ0v) is 9.13. The van der Waals surface area contributed by atoms with Crippen LogP contribution < -0.4 is 0 Å². The topological polar surface area (TPSA) is 46.5 Å². The summed E-state index contributed by atoms with van der Waals surface area (Å²) in [5.41, 5.74) is 1.01. The fourth-order valence-corrected chi connectivity index (χ4v) is 1.92. The van der Waals surface area contributed by atoms with E-state index in [0.29, 0.717) is 12.5 Å². The first kappa shape index (κ1) is 11.1. The van der Waals surface area contributed by atoms with Crippen molar-refractivity contribution in [2.45, 2.75) is 19.4 Å². The Kier molecular flexibility index (Phi) is 3.57. The maximum atomic E-state index is 11.6. The Labute approximate surface area is 95.0 Å². The molecule has 1 aliphatic rings. The summed E-state index contributed by atoms with van der Waals surface area (Å²) in [6.07, 6.45) is 1.54. The molecule has 0 radical (unpaired) electrons. The number of aliphatic hydroxyl groups is 1. The second-order valence-corrected chi connectivity index (χ2v) is 4.31. The highest BCUT2D eigenvalue weighted by Crippen LogP contribution is 2.34. The number of rotatable bonds is 4. The maximum Gasteiger partial charge on any atom is 0.309 e. The molecule has 3 heteroatoms. The number of hydrogen-bond donors (Lipinski definition) is 1. The van der Waals surface area contributed by atoms with Gasteiger partial charge in [-0.05, 0) is 24.3 Å². The highest BCUT2D eigenvalue weighted by Gasteiger charge is 2.34. The van der Waals surface area contributed by atoms with Crippen LogP contribution in [0.5, 0.6) is 0 Å². The fourth-order valence-electron chi connectivity index (χ4n) is 1.92. The SMILES string of the molecule is O=C(OCc1ccccc1)C1CC(CO)C1. The van der Waals surface area contributed by atoms with E-state index in [0.717, 1.165) is 18.4 Å². The summed E-state index contributed by atoms with van der Waals surface area (Å²) in [7, 11) is 0. The van der Waals surface area contributed by atoms with Crippen molar-refractivity contribution in [1.29, 1.82) is 0 Å². The average Bonchev–Trinajstić information content (AvgIpc) is 2.26. The molecular weight excluding hydrogens is 204 g/mol. The predicted molar refractivity (Wildman–Crippen MR) is 59.5 cm³/mol. The Balaban J connectivity index is 1.73. The van der Waals surface area contributed by atoms with Crippen LogP contribution in [0.2, 0.25) is 0 Å². The highest BCUT2D eigenvalue weighted by molar-refractivity contribution is 5.73. The highest BCUT2D eigenvalue weighted by atomic mass is 16.5. The monoisotopic (exact) mass is 220 g/mol. The van der Waals surface area contributed by atoms with Crippen molar-refractivity contribution in [3.05, 3.63) is 35.9 Å². The molecular formula is C13H16O3. The molecule has 0 bridgehead atoms. The van der Waals surface area contributed by atoms with Gasteiger partial charge in [-0.2, -0.15) is 0 Å². The maximum absolute atomic E-state index is 11.6. The van der Waals surface area contributed by atoms with Gasteiger partial charge in [0.05, 0.1) is 5.92 Å². The summed E-state index contributed by atoms with van der Waals surface area (Å²) in [6, 6.07) is 9.65. The van der Waals surface area contributed by atoms with E-state index in [1.54, 1.807) is 0 Å². The molecule has 1 fully saturated rings. The van der Waals surface area contributed by atoms with Crippen molar-refractivity contribution in [1.82, 2.24) is 0 Å². The summed E-state index contributed by atoms with van der Waals surface area (Å²) in [5, 5.41) is 8.84. The second-order valence-electron chi connectivity index (χ2n) is 4.31. The first-order chi connectivity index (χ1) is 7.79. The van der Waals surface area contributed by atoms with Gasteiger partial charge in [0.1, 0.15) is 6.61 Å². The number of hydrogen-bond acceptors (Lipinski definition) is 3. The van der Waals surface area contributed by atoms with Gasteiger partial charge in [-0.15, -0.1) is 0 Å². The molecule has 1 N–H and O–H groups in total. The summed E-state index contributed by atoms with van der Waals surface area (Å²) < 4.78 is 5.20. The van der Waals surface area contributed by atoms with E-state index in [1.165, 1.54) is 0 Å². The zero-order valence-electron chi connectivity index (χ0n) is 9.13. The average molecular weight is 220 g/mol. The van der Waals surface area contributed by atoms with Crippen LogP contribution in [0.25, 0.3) is 0 Å². The minimum atomic E-state index is -0.131. The van der Waals surface area contributed by atoms with Gasteiger partial charge in [-0.25, -0.2) is 0 Å². The normalized spacial score (nSPS) is 23.6. The molecule has 2 rings (SSSR count). The van der Waals surface area contributed by atoms with Crippen molar-refractivity contribution in [2.24, 2.45) is 11.8 Å². The lowest BCUT2D eigenvalue weighted by Gasteiger charge is -2.31. The van der Waals surface area contributed by atoms with Gasteiger partial charge in [0, 0.05) is 6.61 Å². The predicted octanol–water partition coefficient (Wildman–Crippen LogP) is 1.75. The molecule has 0 amide bonds. The smallest absolute Gasteiger partial charge is 0.309 e. The third-order valence-electron chi connectivity index (χ3n) is 3.05. The van der Waals surface area contributed by atoms with Gasteiger partial charge in [0.2, 0.25) is 0 Å². The lowest BCUT2D eigenvalue weighted by Crippen LogP contribution is -2.33. The first-order valence-electron chi connectivity index (χ1n) is 5.61. The molecule has 16 heavy (non-hydrogen) atoms. The second kappa shape index (κ2) is 5.12. The number of ether oxygens (including phenoxy) is 1. The van der Waals surface area contributed by atoms with Gasteiger partial charge in [-0.1, -0.05) is 30.3 Å². The molecule has 0 heterocycles. The van der Waals surface area contributed by atoms with E-state index >= 15 is 0 Å². The minimum Gasteiger partial charge on any atom is -0.461 e. The van der Waals surface area contributed by atoms with E-state index < -0.39 is 0 Å². The number of carbonyl (C=O) groups excluding carboxylic acids is 1.